The van der Waals surface area contributed by atoms with Gasteiger partial charge in [0, 0.05) is 5.56 Å². The Bertz CT molecular complexity index is 550. The van der Waals surface area contributed by atoms with Crippen LogP contribution in [-0.4, -0.2) is 28.2 Å². The second-order valence-electron chi connectivity index (χ2n) is 4.39. The maximum absolute atomic E-state index is 12.9. The van der Waals surface area contributed by atoms with Crippen molar-refractivity contribution in [1.29, 1.82) is 0 Å². The van der Waals surface area contributed by atoms with Gasteiger partial charge in [-0.1, -0.05) is 42.2 Å². The van der Waals surface area contributed by atoms with Gasteiger partial charge in [-0.2, -0.15) is 26.3 Å². The molecule has 8 heteroatoms. The number of halogens is 6. The van der Waals surface area contributed by atoms with E-state index < -0.39 is 29.1 Å². The van der Waals surface area contributed by atoms with Gasteiger partial charge in [0.1, 0.15) is 0 Å². The van der Waals surface area contributed by atoms with Crippen molar-refractivity contribution in [3.8, 4) is 11.8 Å². The maximum Gasteiger partial charge on any atom is 0.433 e. The van der Waals surface area contributed by atoms with Crippen molar-refractivity contribution in [3.05, 3.63) is 35.9 Å². The van der Waals surface area contributed by atoms with E-state index in [2.05, 4.69) is 0 Å². The SMILES string of the molecule is C[C@@](O)(C#C[C@@](O)(c1ccccc1)C(F)(F)F)C(F)(F)F. The molecule has 2 atom stereocenters. The van der Waals surface area contributed by atoms with E-state index in [1.807, 2.05) is 0 Å². The molecule has 0 fully saturated rings. The van der Waals surface area contributed by atoms with E-state index in [0.717, 1.165) is 36.1 Å². The predicted octanol–water partition coefficient (Wildman–Crippen LogP) is 2.75. The highest BCUT2D eigenvalue weighted by Crippen LogP contribution is 2.39. The summed E-state index contributed by atoms with van der Waals surface area (Å²) in [5.41, 5.74) is -8.24. The summed E-state index contributed by atoms with van der Waals surface area (Å²) < 4.78 is 76.0. The zero-order valence-corrected chi connectivity index (χ0v) is 10.5. The Morgan fingerprint density at radius 3 is 1.67 bits per heavy atom. The number of aliphatic hydroxyl groups is 2. The van der Waals surface area contributed by atoms with Crippen molar-refractivity contribution in [2.45, 2.75) is 30.5 Å². The zero-order valence-electron chi connectivity index (χ0n) is 10.5. The third kappa shape index (κ3) is 3.49. The molecule has 1 aromatic carbocycles. The Morgan fingerprint density at radius 1 is 0.810 bits per heavy atom. The molecule has 0 saturated carbocycles. The fraction of sp³-hybridized carbons (Fsp3) is 0.385. The number of hydrogen-bond acceptors (Lipinski definition) is 2. The van der Waals surface area contributed by atoms with Crippen LogP contribution in [0, 0.1) is 11.8 Å². The van der Waals surface area contributed by atoms with E-state index in [0.29, 0.717) is 0 Å². The van der Waals surface area contributed by atoms with Gasteiger partial charge in [0.15, 0.2) is 0 Å². The molecule has 1 aromatic rings. The Hall–Kier alpha value is -1.72. The summed E-state index contributed by atoms with van der Waals surface area (Å²) in [4.78, 5) is 0. The summed E-state index contributed by atoms with van der Waals surface area (Å²) in [6.07, 6.45) is -10.6. The van der Waals surface area contributed by atoms with Crippen LogP contribution in [0.4, 0.5) is 26.3 Å². The minimum absolute atomic E-state index is 0.196. The van der Waals surface area contributed by atoms with Gasteiger partial charge in [0.05, 0.1) is 0 Å². The molecule has 116 valence electrons. The first-order valence-electron chi connectivity index (χ1n) is 5.49. The molecule has 0 amide bonds. The molecule has 1 rings (SSSR count). The van der Waals surface area contributed by atoms with Crippen LogP contribution in [-0.2, 0) is 5.60 Å². The number of rotatable bonds is 1. The standard InChI is InChI=1S/C13H10F6O2/c1-10(20,12(14,15)16)7-8-11(21,13(17,18)19)9-5-3-2-4-6-9/h2-6,20-21H,1H3/t10-,11-/m1/s1. The monoisotopic (exact) mass is 312 g/mol. The first kappa shape index (κ1) is 17.3. The second kappa shape index (κ2) is 5.24. The molecule has 0 aliphatic heterocycles. The molecule has 0 heterocycles. The smallest absolute Gasteiger partial charge is 0.370 e. The average molecular weight is 312 g/mol. The summed E-state index contributed by atoms with van der Waals surface area (Å²) in [6, 6.07) is 5.42. The molecular formula is C13H10F6O2. The molecule has 0 spiro atoms. The van der Waals surface area contributed by atoms with Gasteiger partial charge in [0.2, 0.25) is 11.2 Å². The van der Waals surface area contributed by atoms with E-state index in [-0.39, 0.29) is 6.92 Å². The van der Waals surface area contributed by atoms with Crippen LogP contribution in [0.15, 0.2) is 30.3 Å². The lowest BCUT2D eigenvalue weighted by Gasteiger charge is -2.27. The predicted molar refractivity (Wildman–Crippen MR) is 60.8 cm³/mol. The van der Waals surface area contributed by atoms with E-state index in [4.69, 9.17) is 5.11 Å². The van der Waals surface area contributed by atoms with Crippen molar-refractivity contribution in [2.75, 3.05) is 0 Å². The molecule has 0 aliphatic carbocycles. The van der Waals surface area contributed by atoms with Gasteiger partial charge in [-0.25, -0.2) is 0 Å². The van der Waals surface area contributed by atoms with Crippen molar-refractivity contribution < 1.29 is 36.6 Å². The fourth-order valence-corrected chi connectivity index (χ4v) is 1.27. The summed E-state index contributed by atoms with van der Waals surface area (Å²) in [7, 11) is 0. The number of hydrogen-bond donors (Lipinski definition) is 2. The normalized spacial score (nSPS) is 18.1. The lowest BCUT2D eigenvalue weighted by molar-refractivity contribution is -0.242. The molecule has 0 radical (unpaired) electrons. The largest absolute Gasteiger partial charge is 0.433 e. The lowest BCUT2D eigenvalue weighted by Crippen LogP contribution is -2.44. The van der Waals surface area contributed by atoms with Crippen LogP contribution in [0.1, 0.15) is 12.5 Å². The van der Waals surface area contributed by atoms with E-state index in [1.54, 1.807) is 0 Å². The zero-order chi connectivity index (χ0) is 16.5. The van der Waals surface area contributed by atoms with E-state index >= 15 is 0 Å². The lowest BCUT2D eigenvalue weighted by atomic mass is 9.92. The Labute approximate surface area is 116 Å². The molecule has 0 bridgehead atoms. The first-order valence-corrected chi connectivity index (χ1v) is 5.49. The van der Waals surface area contributed by atoms with Crippen molar-refractivity contribution in [1.82, 2.24) is 0 Å². The van der Waals surface area contributed by atoms with Crippen molar-refractivity contribution in [2.24, 2.45) is 0 Å². The number of alkyl halides is 6. The minimum Gasteiger partial charge on any atom is -0.370 e. The Morgan fingerprint density at radius 2 is 1.29 bits per heavy atom. The van der Waals surface area contributed by atoms with Crippen LogP contribution in [0.25, 0.3) is 0 Å². The molecule has 0 aromatic heterocycles. The minimum atomic E-state index is -5.34. The average Bonchev–Trinajstić information content (AvgIpc) is 2.34. The van der Waals surface area contributed by atoms with Crippen LogP contribution < -0.4 is 0 Å². The van der Waals surface area contributed by atoms with Crippen molar-refractivity contribution >= 4 is 0 Å². The van der Waals surface area contributed by atoms with Gasteiger partial charge in [0.25, 0.3) is 0 Å². The summed E-state index contributed by atoms with van der Waals surface area (Å²) in [6.45, 7) is 0.196. The van der Waals surface area contributed by atoms with Crippen molar-refractivity contribution in [3.63, 3.8) is 0 Å². The maximum atomic E-state index is 12.9. The van der Waals surface area contributed by atoms with Gasteiger partial charge in [-0.15, -0.1) is 0 Å². The van der Waals surface area contributed by atoms with Crippen LogP contribution in [0.5, 0.6) is 0 Å². The van der Waals surface area contributed by atoms with Gasteiger partial charge >= 0.3 is 12.4 Å². The highest BCUT2D eigenvalue weighted by atomic mass is 19.4. The molecule has 0 unspecified atom stereocenters. The summed E-state index contributed by atoms with van der Waals surface area (Å²) >= 11 is 0. The number of benzene rings is 1. The summed E-state index contributed by atoms with van der Waals surface area (Å²) in [5.74, 6) is 2.16. The second-order valence-corrected chi connectivity index (χ2v) is 4.39. The molecule has 2 N–H and O–H groups in total. The molecule has 21 heavy (non-hydrogen) atoms. The quantitative estimate of drug-likeness (QED) is 0.618. The third-order valence-electron chi connectivity index (χ3n) is 2.64. The van der Waals surface area contributed by atoms with Crippen LogP contribution in [0.3, 0.4) is 0 Å². The van der Waals surface area contributed by atoms with Gasteiger partial charge in [-0.3, -0.25) is 0 Å². The molecular weight excluding hydrogens is 302 g/mol. The Balaban J connectivity index is 3.39. The van der Waals surface area contributed by atoms with Gasteiger partial charge < -0.3 is 10.2 Å². The first-order chi connectivity index (χ1) is 9.31. The molecule has 0 saturated heterocycles. The van der Waals surface area contributed by atoms with Crippen LogP contribution in [0.2, 0.25) is 0 Å². The van der Waals surface area contributed by atoms with E-state index in [9.17, 15) is 31.4 Å². The third-order valence-corrected chi connectivity index (χ3v) is 2.64. The van der Waals surface area contributed by atoms with Gasteiger partial charge in [-0.05, 0) is 6.92 Å². The highest BCUT2D eigenvalue weighted by Gasteiger charge is 2.55. The Kier molecular flexibility index (Phi) is 4.32. The topological polar surface area (TPSA) is 40.5 Å². The fourth-order valence-electron chi connectivity index (χ4n) is 1.27. The highest BCUT2D eigenvalue weighted by molar-refractivity contribution is 5.35. The van der Waals surface area contributed by atoms with E-state index in [1.165, 1.54) is 6.07 Å². The molecule has 2 nitrogen and oxygen atoms in total. The molecule has 0 aliphatic rings. The summed E-state index contributed by atoms with van der Waals surface area (Å²) in [5, 5.41) is 18.7. The van der Waals surface area contributed by atoms with Crippen LogP contribution >= 0.6 is 0 Å².